The van der Waals surface area contributed by atoms with E-state index in [9.17, 15) is 0 Å². The van der Waals surface area contributed by atoms with Crippen LogP contribution in [0.5, 0.6) is 0 Å². The molecule has 17 heavy (non-hydrogen) atoms. The van der Waals surface area contributed by atoms with Crippen molar-refractivity contribution in [3.8, 4) is 0 Å². The number of aromatic nitrogens is 1. The summed E-state index contributed by atoms with van der Waals surface area (Å²) in [5.41, 5.74) is 1.14. The van der Waals surface area contributed by atoms with Crippen LogP contribution in [0.15, 0.2) is 24.4 Å². The zero-order chi connectivity index (χ0) is 12.1. The quantitative estimate of drug-likeness (QED) is 0.844. The normalized spacial score (nSPS) is 22.8. The van der Waals surface area contributed by atoms with Crippen molar-refractivity contribution in [2.75, 3.05) is 26.2 Å². The van der Waals surface area contributed by atoms with Gasteiger partial charge in [0.05, 0.1) is 5.69 Å². The molecule has 0 spiro atoms. The van der Waals surface area contributed by atoms with Crippen molar-refractivity contribution in [2.24, 2.45) is 5.92 Å². The molecule has 2 rings (SSSR count). The Morgan fingerprint density at radius 1 is 1.53 bits per heavy atom. The van der Waals surface area contributed by atoms with Gasteiger partial charge < -0.3 is 10.2 Å². The molecule has 0 radical (unpaired) electrons. The first-order chi connectivity index (χ1) is 8.29. The second kappa shape index (κ2) is 6.12. The average Bonchev–Trinajstić information content (AvgIpc) is 2.85. The molecule has 0 amide bonds. The van der Waals surface area contributed by atoms with Gasteiger partial charge in [-0.15, -0.1) is 0 Å². The number of nitrogens with one attached hydrogen (secondary N) is 1. The van der Waals surface area contributed by atoms with Crippen molar-refractivity contribution in [1.82, 2.24) is 15.2 Å². The zero-order valence-corrected chi connectivity index (χ0v) is 10.9. The molecule has 1 fully saturated rings. The standard InChI is InChI=1S/C14H23N3/c1-3-17-9-7-13(11-17)10-16-12(2)14-6-4-5-8-15-14/h4-6,8,12-13,16H,3,7,9-11H2,1-2H3/t12-,13-/m0/s1. The fourth-order valence-corrected chi connectivity index (χ4v) is 2.45. The molecule has 1 N–H and O–H groups in total. The Bertz CT molecular complexity index is 325. The Hall–Kier alpha value is -0.930. The lowest BCUT2D eigenvalue weighted by molar-refractivity contribution is 0.336. The minimum absolute atomic E-state index is 0.354. The third-order valence-electron chi connectivity index (χ3n) is 3.66. The first kappa shape index (κ1) is 12.5. The van der Waals surface area contributed by atoms with Crippen LogP contribution in [0.25, 0.3) is 0 Å². The molecule has 0 aromatic carbocycles. The summed E-state index contributed by atoms with van der Waals surface area (Å²) >= 11 is 0. The molecule has 0 aliphatic carbocycles. The van der Waals surface area contributed by atoms with Crippen molar-refractivity contribution in [3.63, 3.8) is 0 Å². The maximum atomic E-state index is 4.38. The molecular weight excluding hydrogens is 210 g/mol. The van der Waals surface area contributed by atoms with E-state index in [0.29, 0.717) is 6.04 Å². The Morgan fingerprint density at radius 3 is 3.06 bits per heavy atom. The molecule has 1 aromatic heterocycles. The van der Waals surface area contributed by atoms with Crippen LogP contribution >= 0.6 is 0 Å². The third-order valence-corrected chi connectivity index (χ3v) is 3.66. The average molecular weight is 233 g/mol. The topological polar surface area (TPSA) is 28.2 Å². The molecule has 2 atom stereocenters. The van der Waals surface area contributed by atoms with Gasteiger partial charge >= 0.3 is 0 Å². The minimum atomic E-state index is 0.354. The van der Waals surface area contributed by atoms with E-state index in [1.807, 2.05) is 12.3 Å². The van der Waals surface area contributed by atoms with Crippen LogP contribution in [-0.2, 0) is 0 Å². The molecule has 1 aliphatic heterocycles. The number of likely N-dealkylation sites (tertiary alicyclic amines) is 1. The van der Waals surface area contributed by atoms with E-state index in [1.165, 1.54) is 26.1 Å². The van der Waals surface area contributed by atoms with Gasteiger partial charge in [-0.05, 0) is 51.0 Å². The van der Waals surface area contributed by atoms with Crippen LogP contribution in [0.4, 0.5) is 0 Å². The number of nitrogens with zero attached hydrogens (tertiary/aromatic N) is 2. The molecule has 3 heteroatoms. The maximum Gasteiger partial charge on any atom is 0.0570 e. The van der Waals surface area contributed by atoms with Crippen molar-refractivity contribution in [3.05, 3.63) is 30.1 Å². The summed E-state index contributed by atoms with van der Waals surface area (Å²) in [6.07, 6.45) is 3.19. The minimum Gasteiger partial charge on any atom is -0.309 e. The second-order valence-corrected chi connectivity index (χ2v) is 4.93. The molecule has 0 bridgehead atoms. The zero-order valence-electron chi connectivity index (χ0n) is 10.9. The molecular formula is C14H23N3. The van der Waals surface area contributed by atoms with Crippen molar-refractivity contribution in [2.45, 2.75) is 26.3 Å². The first-order valence-corrected chi connectivity index (χ1v) is 6.66. The van der Waals surface area contributed by atoms with Gasteiger partial charge in [0.15, 0.2) is 0 Å². The molecule has 94 valence electrons. The highest BCUT2D eigenvalue weighted by Gasteiger charge is 2.21. The summed E-state index contributed by atoms with van der Waals surface area (Å²) in [6.45, 7) is 9.24. The Morgan fingerprint density at radius 2 is 2.41 bits per heavy atom. The van der Waals surface area contributed by atoms with Gasteiger partial charge in [0.2, 0.25) is 0 Å². The molecule has 3 nitrogen and oxygen atoms in total. The SMILES string of the molecule is CCN1CC[C@@H](CN[C@@H](C)c2ccccn2)C1. The summed E-state index contributed by atoms with van der Waals surface area (Å²) in [7, 11) is 0. The third kappa shape index (κ3) is 3.51. The molecule has 0 saturated carbocycles. The highest BCUT2D eigenvalue weighted by Crippen LogP contribution is 2.16. The van der Waals surface area contributed by atoms with Gasteiger partial charge in [0.25, 0.3) is 0 Å². The van der Waals surface area contributed by atoms with Crippen LogP contribution in [0.3, 0.4) is 0 Å². The lowest BCUT2D eigenvalue weighted by Crippen LogP contribution is -2.28. The van der Waals surface area contributed by atoms with Gasteiger partial charge in [-0.3, -0.25) is 4.98 Å². The van der Waals surface area contributed by atoms with Crippen molar-refractivity contribution in [1.29, 1.82) is 0 Å². The summed E-state index contributed by atoms with van der Waals surface area (Å²) in [4.78, 5) is 6.91. The van der Waals surface area contributed by atoms with E-state index >= 15 is 0 Å². The van der Waals surface area contributed by atoms with Crippen LogP contribution in [-0.4, -0.2) is 36.1 Å². The Balaban J connectivity index is 1.75. The van der Waals surface area contributed by atoms with E-state index < -0.39 is 0 Å². The summed E-state index contributed by atoms with van der Waals surface area (Å²) < 4.78 is 0. The monoisotopic (exact) mass is 233 g/mol. The van der Waals surface area contributed by atoms with Crippen LogP contribution in [0, 0.1) is 5.92 Å². The van der Waals surface area contributed by atoms with Gasteiger partial charge in [-0.25, -0.2) is 0 Å². The van der Waals surface area contributed by atoms with Gasteiger partial charge in [0.1, 0.15) is 0 Å². The van der Waals surface area contributed by atoms with Crippen LogP contribution in [0.1, 0.15) is 32.0 Å². The van der Waals surface area contributed by atoms with E-state index in [-0.39, 0.29) is 0 Å². The smallest absolute Gasteiger partial charge is 0.0570 e. The predicted molar refractivity (Wildman–Crippen MR) is 70.9 cm³/mol. The number of rotatable bonds is 5. The number of hydrogen-bond acceptors (Lipinski definition) is 3. The van der Waals surface area contributed by atoms with Gasteiger partial charge in [-0.1, -0.05) is 13.0 Å². The van der Waals surface area contributed by atoms with Crippen molar-refractivity contribution >= 4 is 0 Å². The lowest BCUT2D eigenvalue weighted by atomic mass is 10.1. The van der Waals surface area contributed by atoms with E-state index in [0.717, 1.165) is 18.2 Å². The predicted octanol–water partition coefficient (Wildman–Crippen LogP) is 2.07. The Kier molecular flexibility index (Phi) is 4.51. The fraction of sp³-hybridized carbons (Fsp3) is 0.643. The van der Waals surface area contributed by atoms with E-state index in [1.54, 1.807) is 0 Å². The molecule has 1 aromatic rings. The van der Waals surface area contributed by atoms with E-state index in [2.05, 4.69) is 41.2 Å². The number of hydrogen-bond donors (Lipinski definition) is 1. The lowest BCUT2D eigenvalue weighted by Gasteiger charge is -2.17. The summed E-state index contributed by atoms with van der Waals surface area (Å²) in [5, 5.41) is 3.60. The highest BCUT2D eigenvalue weighted by atomic mass is 15.1. The second-order valence-electron chi connectivity index (χ2n) is 4.93. The molecule has 1 saturated heterocycles. The van der Waals surface area contributed by atoms with Crippen LogP contribution < -0.4 is 5.32 Å². The fourth-order valence-electron chi connectivity index (χ4n) is 2.45. The van der Waals surface area contributed by atoms with Crippen LogP contribution in [0.2, 0.25) is 0 Å². The van der Waals surface area contributed by atoms with Crippen molar-refractivity contribution < 1.29 is 0 Å². The molecule has 0 unspecified atom stereocenters. The first-order valence-electron chi connectivity index (χ1n) is 6.66. The largest absolute Gasteiger partial charge is 0.309 e. The number of pyridine rings is 1. The van der Waals surface area contributed by atoms with Gasteiger partial charge in [-0.2, -0.15) is 0 Å². The summed E-state index contributed by atoms with van der Waals surface area (Å²) in [6, 6.07) is 6.46. The molecule has 1 aliphatic rings. The Labute approximate surface area is 104 Å². The summed E-state index contributed by atoms with van der Waals surface area (Å²) in [5.74, 6) is 0.807. The molecule has 2 heterocycles. The van der Waals surface area contributed by atoms with E-state index in [4.69, 9.17) is 0 Å². The highest BCUT2D eigenvalue weighted by molar-refractivity contribution is 5.07. The maximum absolute atomic E-state index is 4.38. The van der Waals surface area contributed by atoms with Gasteiger partial charge in [0, 0.05) is 18.8 Å².